The Labute approximate surface area is 172 Å². The molecule has 0 aliphatic heterocycles. The van der Waals surface area contributed by atoms with Crippen LogP contribution in [0.3, 0.4) is 0 Å². The molecule has 2 aromatic carbocycles. The molecule has 2 heterocycles. The van der Waals surface area contributed by atoms with E-state index in [1.165, 1.54) is 11.3 Å². The van der Waals surface area contributed by atoms with E-state index >= 15 is 0 Å². The van der Waals surface area contributed by atoms with Crippen LogP contribution >= 0.6 is 27.3 Å². The zero-order chi connectivity index (χ0) is 19.7. The Morgan fingerprint density at radius 1 is 1.25 bits per heavy atom. The molecule has 140 valence electrons. The van der Waals surface area contributed by atoms with Crippen molar-refractivity contribution in [1.82, 2.24) is 10.3 Å². The van der Waals surface area contributed by atoms with E-state index in [1.807, 2.05) is 49.4 Å². The fraction of sp³-hybridized carbons (Fsp3) is 0.0526. The number of amides is 1. The molecule has 4 aromatic rings. The standard InChI is InChI=1S/C19H14BrN5O2S/c1-10-6-7-11(8-14(10)20)22-17(21)16-18(25-27-24-16)23-19(26)13-9-28-15-5-3-2-4-12(13)15/h2-9H,1H3,(H2,21,22)(H,23,25,26). The van der Waals surface area contributed by atoms with Crippen LogP contribution in [0.2, 0.25) is 0 Å². The fourth-order valence-electron chi connectivity index (χ4n) is 2.61. The number of aromatic nitrogens is 2. The molecule has 0 atom stereocenters. The minimum absolute atomic E-state index is 0.0856. The van der Waals surface area contributed by atoms with Gasteiger partial charge in [0.25, 0.3) is 5.91 Å². The van der Waals surface area contributed by atoms with Gasteiger partial charge < -0.3 is 11.1 Å². The van der Waals surface area contributed by atoms with Gasteiger partial charge in [-0.05, 0) is 41.0 Å². The number of hydrogen-bond donors (Lipinski definition) is 2. The van der Waals surface area contributed by atoms with Gasteiger partial charge in [0.15, 0.2) is 11.5 Å². The number of rotatable bonds is 4. The third-order valence-corrected chi connectivity index (χ3v) is 5.91. The largest absolute Gasteiger partial charge is 0.382 e. The van der Waals surface area contributed by atoms with Crippen LogP contribution in [0.15, 0.2) is 61.9 Å². The lowest BCUT2D eigenvalue weighted by atomic mass is 10.1. The first-order chi connectivity index (χ1) is 13.5. The molecule has 0 aliphatic rings. The number of nitrogens with zero attached hydrogens (tertiary/aromatic N) is 3. The molecule has 0 spiro atoms. The van der Waals surface area contributed by atoms with Crippen molar-refractivity contribution in [2.45, 2.75) is 6.92 Å². The number of benzene rings is 2. The minimum atomic E-state index is -0.319. The lowest BCUT2D eigenvalue weighted by molar-refractivity contribution is 0.102. The Morgan fingerprint density at radius 2 is 2.07 bits per heavy atom. The summed E-state index contributed by atoms with van der Waals surface area (Å²) in [6.07, 6.45) is 0. The second kappa shape index (κ2) is 7.53. The fourth-order valence-corrected chi connectivity index (χ4v) is 3.92. The van der Waals surface area contributed by atoms with Crippen molar-refractivity contribution in [3.05, 3.63) is 69.1 Å². The molecule has 0 aliphatic carbocycles. The highest BCUT2D eigenvalue weighted by Crippen LogP contribution is 2.27. The summed E-state index contributed by atoms with van der Waals surface area (Å²) in [6, 6.07) is 13.3. The highest BCUT2D eigenvalue weighted by molar-refractivity contribution is 9.10. The van der Waals surface area contributed by atoms with Crippen molar-refractivity contribution in [2.75, 3.05) is 5.32 Å². The molecule has 28 heavy (non-hydrogen) atoms. The van der Waals surface area contributed by atoms with Crippen LogP contribution in [0.25, 0.3) is 10.1 Å². The summed E-state index contributed by atoms with van der Waals surface area (Å²) >= 11 is 4.96. The number of amidine groups is 1. The van der Waals surface area contributed by atoms with Crippen molar-refractivity contribution >= 4 is 60.6 Å². The highest BCUT2D eigenvalue weighted by atomic mass is 79.9. The third-order valence-electron chi connectivity index (χ3n) is 4.09. The van der Waals surface area contributed by atoms with E-state index in [-0.39, 0.29) is 23.3 Å². The van der Waals surface area contributed by atoms with Crippen LogP contribution < -0.4 is 11.1 Å². The zero-order valence-corrected chi connectivity index (χ0v) is 17.0. The monoisotopic (exact) mass is 455 g/mol. The maximum atomic E-state index is 12.7. The zero-order valence-electron chi connectivity index (χ0n) is 14.6. The Balaban J connectivity index is 1.61. The Hall–Kier alpha value is -3.04. The molecule has 0 unspecified atom stereocenters. The Morgan fingerprint density at radius 3 is 2.89 bits per heavy atom. The first-order valence-corrected chi connectivity index (χ1v) is 9.91. The average molecular weight is 456 g/mol. The van der Waals surface area contributed by atoms with E-state index < -0.39 is 0 Å². The Bertz CT molecular complexity index is 1210. The molecule has 0 bridgehead atoms. The SMILES string of the molecule is Cc1ccc(N=C(N)c2nonc2NC(=O)c2csc3ccccc23)cc1Br. The minimum Gasteiger partial charge on any atom is -0.382 e. The summed E-state index contributed by atoms with van der Waals surface area (Å²) in [7, 11) is 0. The molecular formula is C19H14BrN5O2S. The molecule has 0 fully saturated rings. The van der Waals surface area contributed by atoms with E-state index in [2.05, 4.69) is 36.6 Å². The van der Waals surface area contributed by atoms with Crippen LogP contribution in [0.1, 0.15) is 21.6 Å². The van der Waals surface area contributed by atoms with Gasteiger partial charge in [-0.25, -0.2) is 9.62 Å². The summed E-state index contributed by atoms with van der Waals surface area (Å²) in [5.41, 5.74) is 8.51. The third kappa shape index (κ3) is 3.54. The maximum absolute atomic E-state index is 12.7. The topological polar surface area (TPSA) is 106 Å². The van der Waals surface area contributed by atoms with Gasteiger partial charge in [-0.2, -0.15) is 0 Å². The van der Waals surface area contributed by atoms with Crippen LogP contribution in [0.4, 0.5) is 11.5 Å². The van der Waals surface area contributed by atoms with Crippen molar-refractivity contribution in [2.24, 2.45) is 10.7 Å². The van der Waals surface area contributed by atoms with E-state index in [9.17, 15) is 4.79 Å². The molecule has 7 nitrogen and oxygen atoms in total. The number of carbonyl (C=O) groups excluding carboxylic acids is 1. The molecule has 0 saturated heterocycles. The lowest BCUT2D eigenvalue weighted by Crippen LogP contribution is -2.19. The first kappa shape index (κ1) is 18.3. The summed E-state index contributed by atoms with van der Waals surface area (Å²) in [4.78, 5) is 17.0. The van der Waals surface area contributed by atoms with E-state index in [0.717, 1.165) is 20.1 Å². The summed E-state index contributed by atoms with van der Waals surface area (Å²) < 4.78 is 6.71. The predicted octanol–water partition coefficient (Wildman–Crippen LogP) is 4.64. The van der Waals surface area contributed by atoms with Gasteiger partial charge in [0.2, 0.25) is 5.82 Å². The number of aliphatic imine (C=N–C) groups is 1. The second-order valence-corrected chi connectivity index (χ2v) is 7.76. The van der Waals surface area contributed by atoms with Gasteiger partial charge in [-0.3, -0.25) is 4.79 Å². The molecular weight excluding hydrogens is 442 g/mol. The van der Waals surface area contributed by atoms with Gasteiger partial charge in [0.1, 0.15) is 0 Å². The van der Waals surface area contributed by atoms with Crippen LogP contribution in [-0.2, 0) is 0 Å². The normalized spacial score (nSPS) is 11.7. The lowest BCUT2D eigenvalue weighted by Gasteiger charge is -2.03. The van der Waals surface area contributed by atoms with Crippen LogP contribution in [-0.4, -0.2) is 22.1 Å². The van der Waals surface area contributed by atoms with Crippen LogP contribution in [0, 0.1) is 6.92 Å². The number of fused-ring (bicyclic) bond motifs is 1. The van der Waals surface area contributed by atoms with Crippen molar-refractivity contribution in [1.29, 1.82) is 0 Å². The van der Waals surface area contributed by atoms with Gasteiger partial charge in [-0.1, -0.05) is 40.2 Å². The number of halogens is 1. The number of thiophene rings is 1. The molecule has 4 rings (SSSR count). The smallest absolute Gasteiger partial charge is 0.258 e. The summed E-state index contributed by atoms with van der Waals surface area (Å²) in [5.74, 6) is -0.115. The van der Waals surface area contributed by atoms with E-state index in [4.69, 9.17) is 10.4 Å². The summed E-state index contributed by atoms with van der Waals surface area (Å²) in [6.45, 7) is 1.98. The van der Waals surface area contributed by atoms with Crippen molar-refractivity contribution < 1.29 is 9.42 Å². The van der Waals surface area contributed by atoms with Crippen molar-refractivity contribution in [3.63, 3.8) is 0 Å². The molecule has 3 N–H and O–H groups in total. The summed E-state index contributed by atoms with van der Waals surface area (Å²) in [5, 5.41) is 12.9. The van der Waals surface area contributed by atoms with E-state index in [0.29, 0.717) is 11.3 Å². The van der Waals surface area contributed by atoms with Crippen molar-refractivity contribution in [3.8, 4) is 0 Å². The quantitative estimate of drug-likeness (QED) is 0.344. The molecule has 1 amide bonds. The van der Waals surface area contributed by atoms with Gasteiger partial charge in [0.05, 0.1) is 11.3 Å². The molecule has 0 radical (unpaired) electrons. The number of aryl methyl sites for hydroxylation is 1. The number of anilines is 1. The second-order valence-electron chi connectivity index (χ2n) is 5.99. The number of nitrogens with two attached hydrogens (primary N) is 1. The molecule has 0 saturated carbocycles. The number of nitrogens with one attached hydrogen (secondary N) is 1. The number of carbonyl (C=O) groups is 1. The highest BCUT2D eigenvalue weighted by Gasteiger charge is 2.19. The molecule has 9 heteroatoms. The van der Waals surface area contributed by atoms with Crippen LogP contribution in [0.5, 0.6) is 0 Å². The van der Waals surface area contributed by atoms with Gasteiger partial charge in [0, 0.05) is 19.9 Å². The maximum Gasteiger partial charge on any atom is 0.258 e. The number of hydrogen-bond acceptors (Lipinski definition) is 6. The molecule has 2 aromatic heterocycles. The van der Waals surface area contributed by atoms with E-state index in [1.54, 1.807) is 5.38 Å². The first-order valence-electron chi connectivity index (χ1n) is 8.24. The Kier molecular flexibility index (Phi) is 4.93. The van der Waals surface area contributed by atoms with Gasteiger partial charge >= 0.3 is 0 Å². The average Bonchev–Trinajstić information content (AvgIpc) is 3.31. The van der Waals surface area contributed by atoms with Gasteiger partial charge in [-0.15, -0.1) is 11.3 Å². The predicted molar refractivity (Wildman–Crippen MR) is 113 cm³/mol.